The quantitative estimate of drug-likeness (QED) is 0.693. The molecule has 1 fully saturated rings. The topological polar surface area (TPSA) is 89.3 Å². The number of nitrogens with zero attached hydrogens (tertiary/aromatic N) is 1. The van der Waals surface area contributed by atoms with Gasteiger partial charge in [-0.15, -0.1) is 0 Å². The highest BCUT2D eigenvalue weighted by molar-refractivity contribution is 7.11. The summed E-state index contributed by atoms with van der Waals surface area (Å²) in [6, 6.07) is 0.413. The van der Waals surface area contributed by atoms with Crippen molar-refractivity contribution in [3.05, 3.63) is 0 Å². The van der Waals surface area contributed by atoms with E-state index in [1.54, 1.807) is 0 Å². The number of rotatable bonds is 7. The molecule has 6 nitrogen and oxygen atoms in total. The Morgan fingerprint density at radius 3 is 3.06 bits per heavy atom. The minimum absolute atomic E-state index is 0.0837. The van der Waals surface area contributed by atoms with Gasteiger partial charge in [0.2, 0.25) is 5.91 Å². The number of carbonyl (C=O) groups excluding carboxylic acids is 1. The van der Waals surface area contributed by atoms with E-state index in [4.69, 9.17) is 10.5 Å². The number of carbonyl (C=O) groups is 1. The molecule has 1 aromatic rings. The van der Waals surface area contributed by atoms with Crippen molar-refractivity contribution in [2.45, 2.75) is 32.2 Å². The Balaban J connectivity index is 1.76. The average molecular weight is 270 g/mol. The Hall–Kier alpha value is -1.50. The van der Waals surface area contributed by atoms with Gasteiger partial charge in [-0.2, -0.15) is 4.37 Å². The van der Waals surface area contributed by atoms with Crippen LogP contribution in [0.3, 0.4) is 0 Å². The van der Waals surface area contributed by atoms with E-state index in [-0.39, 0.29) is 5.91 Å². The Labute approximate surface area is 110 Å². The highest BCUT2D eigenvalue weighted by atomic mass is 32.1. The first kappa shape index (κ1) is 12.9. The first-order valence-corrected chi connectivity index (χ1v) is 6.89. The summed E-state index contributed by atoms with van der Waals surface area (Å²) in [5.74, 6) is 1.07. The fourth-order valence-corrected chi connectivity index (χ4v) is 2.19. The number of aromatic nitrogens is 1. The van der Waals surface area contributed by atoms with Gasteiger partial charge in [0.25, 0.3) is 0 Å². The SMILES string of the molecule is CCOc1c(N)nsc1NCCC(=O)NC1CC1. The second kappa shape index (κ2) is 5.90. The molecule has 1 aromatic heterocycles. The number of anilines is 2. The molecule has 1 amide bonds. The Kier molecular flexibility index (Phi) is 4.24. The summed E-state index contributed by atoms with van der Waals surface area (Å²) in [5, 5.41) is 6.86. The van der Waals surface area contributed by atoms with E-state index < -0.39 is 0 Å². The molecule has 1 heterocycles. The van der Waals surface area contributed by atoms with Crippen LogP contribution in [-0.4, -0.2) is 29.5 Å². The standard InChI is InChI=1S/C11H18N4O2S/c1-2-17-9-10(12)15-18-11(9)13-6-5-8(16)14-7-3-4-7/h7,13H,2-6H2,1H3,(H2,12,15)(H,14,16). The Bertz CT molecular complexity index is 417. The van der Waals surface area contributed by atoms with Gasteiger partial charge in [-0.25, -0.2) is 0 Å². The van der Waals surface area contributed by atoms with E-state index in [1.165, 1.54) is 11.5 Å². The average Bonchev–Trinajstić information content (AvgIpc) is 3.08. The van der Waals surface area contributed by atoms with Crippen molar-refractivity contribution in [2.24, 2.45) is 0 Å². The number of amides is 1. The van der Waals surface area contributed by atoms with Crippen LogP contribution < -0.4 is 21.1 Å². The van der Waals surface area contributed by atoms with E-state index in [0.717, 1.165) is 17.8 Å². The minimum atomic E-state index is 0.0837. The highest BCUT2D eigenvalue weighted by Gasteiger charge is 2.22. The molecule has 4 N–H and O–H groups in total. The Morgan fingerprint density at radius 2 is 2.39 bits per heavy atom. The Morgan fingerprint density at radius 1 is 1.61 bits per heavy atom. The lowest BCUT2D eigenvalue weighted by atomic mass is 10.4. The van der Waals surface area contributed by atoms with Crippen molar-refractivity contribution in [3.63, 3.8) is 0 Å². The van der Waals surface area contributed by atoms with Crippen LogP contribution >= 0.6 is 11.5 Å². The molecule has 0 aromatic carbocycles. The van der Waals surface area contributed by atoms with Gasteiger partial charge in [-0.1, -0.05) is 0 Å². The maximum atomic E-state index is 11.5. The van der Waals surface area contributed by atoms with Crippen LogP contribution in [0.15, 0.2) is 0 Å². The van der Waals surface area contributed by atoms with E-state index in [2.05, 4.69) is 15.0 Å². The van der Waals surface area contributed by atoms with Crippen LogP contribution in [-0.2, 0) is 4.79 Å². The van der Waals surface area contributed by atoms with Crippen LogP contribution in [0.1, 0.15) is 26.2 Å². The second-order valence-electron chi connectivity index (χ2n) is 4.18. The maximum Gasteiger partial charge on any atom is 0.221 e. The van der Waals surface area contributed by atoms with Crippen molar-refractivity contribution in [1.82, 2.24) is 9.69 Å². The predicted molar refractivity (Wildman–Crippen MR) is 72.0 cm³/mol. The summed E-state index contributed by atoms with van der Waals surface area (Å²) in [6.45, 7) is 2.99. The zero-order valence-corrected chi connectivity index (χ0v) is 11.2. The number of nitrogen functional groups attached to an aromatic ring is 1. The van der Waals surface area contributed by atoms with Crippen LogP contribution in [0.4, 0.5) is 10.8 Å². The summed E-state index contributed by atoms with van der Waals surface area (Å²) < 4.78 is 9.42. The predicted octanol–water partition coefficient (Wildman–Crippen LogP) is 1.20. The maximum absolute atomic E-state index is 11.5. The summed E-state index contributed by atoms with van der Waals surface area (Å²) in [6.07, 6.45) is 2.66. The summed E-state index contributed by atoms with van der Waals surface area (Å²) in [7, 11) is 0. The second-order valence-corrected chi connectivity index (χ2v) is 4.95. The fraction of sp³-hybridized carbons (Fsp3) is 0.636. The van der Waals surface area contributed by atoms with Crippen molar-refractivity contribution in [2.75, 3.05) is 24.2 Å². The minimum Gasteiger partial charge on any atom is -0.487 e. The van der Waals surface area contributed by atoms with Crippen LogP contribution in [0.2, 0.25) is 0 Å². The van der Waals surface area contributed by atoms with Gasteiger partial charge < -0.3 is 21.1 Å². The molecule has 100 valence electrons. The lowest BCUT2D eigenvalue weighted by molar-refractivity contribution is -0.120. The molecule has 18 heavy (non-hydrogen) atoms. The number of hydrogen-bond donors (Lipinski definition) is 3. The molecule has 0 spiro atoms. The fourth-order valence-electron chi connectivity index (χ4n) is 1.51. The van der Waals surface area contributed by atoms with Crippen LogP contribution in [0, 0.1) is 0 Å². The molecule has 1 aliphatic rings. The molecule has 0 radical (unpaired) electrons. The third-order valence-electron chi connectivity index (χ3n) is 2.54. The molecule has 0 unspecified atom stereocenters. The van der Waals surface area contributed by atoms with Gasteiger partial charge in [-0.05, 0) is 31.3 Å². The highest BCUT2D eigenvalue weighted by Crippen LogP contribution is 2.34. The zero-order chi connectivity index (χ0) is 13.0. The van der Waals surface area contributed by atoms with E-state index in [9.17, 15) is 4.79 Å². The number of ether oxygens (including phenoxy) is 1. The monoisotopic (exact) mass is 270 g/mol. The van der Waals surface area contributed by atoms with E-state index in [0.29, 0.717) is 37.2 Å². The zero-order valence-electron chi connectivity index (χ0n) is 10.4. The first-order chi connectivity index (χ1) is 8.70. The third kappa shape index (κ3) is 3.49. The van der Waals surface area contributed by atoms with Gasteiger partial charge in [-0.3, -0.25) is 4.79 Å². The van der Waals surface area contributed by atoms with Crippen LogP contribution in [0.25, 0.3) is 0 Å². The number of nitrogens with one attached hydrogen (secondary N) is 2. The number of nitrogens with two attached hydrogens (primary N) is 1. The molecule has 0 saturated heterocycles. The molecule has 2 rings (SSSR count). The molecular weight excluding hydrogens is 252 g/mol. The molecule has 0 atom stereocenters. The third-order valence-corrected chi connectivity index (χ3v) is 3.34. The summed E-state index contributed by atoms with van der Waals surface area (Å²) in [5.41, 5.74) is 5.69. The van der Waals surface area contributed by atoms with Crippen LogP contribution in [0.5, 0.6) is 5.75 Å². The smallest absolute Gasteiger partial charge is 0.221 e. The van der Waals surface area contributed by atoms with Crippen molar-refractivity contribution in [1.29, 1.82) is 0 Å². The van der Waals surface area contributed by atoms with Crippen molar-refractivity contribution >= 4 is 28.3 Å². The van der Waals surface area contributed by atoms with Gasteiger partial charge in [0, 0.05) is 19.0 Å². The molecule has 1 saturated carbocycles. The van der Waals surface area contributed by atoms with E-state index in [1.807, 2.05) is 6.92 Å². The normalized spacial score (nSPS) is 14.3. The van der Waals surface area contributed by atoms with E-state index >= 15 is 0 Å². The number of hydrogen-bond acceptors (Lipinski definition) is 6. The van der Waals surface area contributed by atoms with Gasteiger partial charge >= 0.3 is 0 Å². The molecule has 7 heteroatoms. The summed E-state index contributed by atoms with van der Waals surface area (Å²) in [4.78, 5) is 11.5. The van der Waals surface area contributed by atoms with Gasteiger partial charge in [0.1, 0.15) is 0 Å². The lowest BCUT2D eigenvalue weighted by Crippen LogP contribution is -2.27. The van der Waals surface area contributed by atoms with Gasteiger partial charge in [0.05, 0.1) is 6.61 Å². The molecular formula is C11H18N4O2S. The van der Waals surface area contributed by atoms with Crippen molar-refractivity contribution < 1.29 is 9.53 Å². The molecule has 0 bridgehead atoms. The largest absolute Gasteiger partial charge is 0.487 e. The van der Waals surface area contributed by atoms with Gasteiger partial charge in [0.15, 0.2) is 16.6 Å². The van der Waals surface area contributed by atoms with Crippen molar-refractivity contribution in [3.8, 4) is 5.75 Å². The molecule has 0 aliphatic heterocycles. The molecule has 1 aliphatic carbocycles. The summed E-state index contributed by atoms with van der Waals surface area (Å²) >= 11 is 1.25. The lowest BCUT2D eigenvalue weighted by Gasteiger charge is -2.07. The first-order valence-electron chi connectivity index (χ1n) is 6.12.